The van der Waals surface area contributed by atoms with Gasteiger partial charge in [0.1, 0.15) is 6.10 Å². The molecule has 0 bridgehead atoms. The van der Waals surface area contributed by atoms with Gasteiger partial charge in [-0.3, -0.25) is 0 Å². The lowest BCUT2D eigenvalue weighted by Crippen LogP contribution is -2.31. The smallest absolute Gasteiger partial charge is 0.338 e. The fourth-order valence-electron chi connectivity index (χ4n) is 2.50. The molecule has 0 aromatic carbocycles. The maximum Gasteiger partial charge on any atom is 0.338 e. The predicted molar refractivity (Wildman–Crippen MR) is 84.2 cm³/mol. The number of aliphatic hydroxyl groups excluding tert-OH is 1. The molecule has 1 aliphatic heterocycles. The van der Waals surface area contributed by atoms with E-state index in [4.69, 9.17) is 19.3 Å². The van der Waals surface area contributed by atoms with Crippen LogP contribution in [0.25, 0.3) is 0 Å². The quantitative estimate of drug-likeness (QED) is 0.551. The van der Waals surface area contributed by atoms with Gasteiger partial charge in [-0.1, -0.05) is 32.4 Å². The number of methoxy groups -OCH3 is 1. The van der Waals surface area contributed by atoms with Gasteiger partial charge in [0.15, 0.2) is 11.9 Å². The molecule has 0 amide bonds. The van der Waals surface area contributed by atoms with E-state index >= 15 is 0 Å². The molecule has 1 rings (SSSR count). The van der Waals surface area contributed by atoms with Crippen LogP contribution in [0.3, 0.4) is 0 Å². The molecular weight excluding hydrogens is 284 g/mol. The summed E-state index contributed by atoms with van der Waals surface area (Å²) in [6, 6.07) is 0. The second-order valence-corrected chi connectivity index (χ2v) is 6.62. The maximum atomic E-state index is 11.8. The summed E-state index contributed by atoms with van der Waals surface area (Å²) in [5.74, 6) is -0.457. The zero-order valence-corrected chi connectivity index (χ0v) is 14.4. The molecule has 5 nitrogen and oxygen atoms in total. The van der Waals surface area contributed by atoms with Gasteiger partial charge in [-0.15, -0.1) is 0 Å². The van der Waals surface area contributed by atoms with Crippen LogP contribution < -0.4 is 0 Å². The van der Waals surface area contributed by atoms with Gasteiger partial charge >= 0.3 is 5.97 Å². The average Bonchev–Trinajstić information content (AvgIpc) is 2.79. The van der Waals surface area contributed by atoms with Crippen LogP contribution >= 0.6 is 0 Å². The summed E-state index contributed by atoms with van der Waals surface area (Å²) in [7, 11) is 1.35. The highest BCUT2D eigenvalue weighted by Crippen LogP contribution is 2.30. The number of allylic oxidation sites excluding steroid dienone is 1. The summed E-state index contributed by atoms with van der Waals surface area (Å²) in [4.78, 5) is 11.8. The molecule has 22 heavy (non-hydrogen) atoms. The summed E-state index contributed by atoms with van der Waals surface area (Å²) in [6.45, 7) is 8.00. The van der Waals surface area contributed by atoms with Crippen molar-refractivity contribution in [3.05, 3.63) is 12.2 Å². The fraction of sp³-hybridized carbons (Fsp3) is 0.824. The molecule has 128 valence electrons. The zero-order valence-electron chi connectivity index (χ0n) is 14.4. The van der Waals surface area contributed by atoms with Crippen LogP contribution in [0.4, 0.5) is 0 Å². The van der Waals surface area contributed by atoms with E-state index in [1.165, 1.54) is 7.11 Å². The molecular formula is C17H30O5. The summed E-state index contributed by atoms with van der Waals surface area (Å²) in [6.07, 6.45) is 5.97. The highest BCUT2D eigenvalue weighted by Gasteiger charge is 2.44. The Hall–Kier alpha value is -0.910. The molecule has 5 heteroatoms. The van der Waals surface area contributed by atoms with Crippen molar-refractivity contribution in [3.8, 4) is 0 Å². The number of hydrogen-bond acceptors (Lipinski definition) is 5. The standard InChI is InChI=1S/C17H30O5/c1-12(7-6-8-13(2)11-18)9-10-14-15(16(19)20-5)22-17(3,4)21-14/h9-10,12-15,18H,6-8,11H2,1-5H3/b10-9+/t12-,13+,14-,15-/m1/s1. The van der Waals surface area contributed by atoms with E-state index in [-0.39, 0.29) is 6.61 Å². The normalized spacial score (nSPS) is 27.0. The molecule has 1 aliphatic rings. The van der Waals surface area contributed by atoms with Crippen molar-refractivity contribution in [2.24, 2.45) is 11.8 Å². The van der Waals surface area contributed by atoms with Gasteiger partial charge in [0.2, 0.25) is 0 Å². The Balaban J connectivity index is 2.50. The molecule has 1 saturated heterocycles. The van der Waals surface area contributed by atoms with Crippen molar-refractivity contribution in [1.29, 1.82) is 0 Å². The van der Waals surface area contributed by atoms with Crippen molar-refractivity contribution < 1.29 is 24.1 Å². The summed E-state index contributed by atoms with van der Waals surface area (Å²) in [5, 5.41) is 9.01. The molecule has 0 aromatic heterocycles. The molecule has 0 radical (unpaired) electrons. The number of aliphatic hydroxyl groups is 1. The van der Waals surface area contributed by atoms with E-state index in [0.29, 0.717) is 11.8 Å². The van der Waals surface area contributed by atoms with Crippen LogP contribution in [-0.4, -0.2) is 42.8 Å². The molecule has 0 spiro atoms. The Labute approximate surface area is 133 Å². The first-order chi connectivity index (χ1) is 10.3. The number of esters is 1. The largest absolute Gasteiger partial charge is 0.467 e. The fourth-order valence-corrected chi connectivity index (χ4v) is 2.50. The Morgan fingerprint density at radius 3 is 2.59 bits per heavy atom. The highest BCUT2D eigenvalue weighted by molar-refractivity contribution is 5.76. The molecule has 0 aromatic rings. The third-order valence-electron chi connectivity index (χ3n) is 3.86. The lowest BCUT2D eigenvalue weighted by molar-refractivity contribution is -0.167. The highest BCUT2D eigenvalue weighted by atomic mass is 16.8. The minimum Gasteiger partial charge on any atom is -0.467 e. The molecule has 0 unspecified atom stereocenters. The minimum absolute atomic E-state index is 0.243. The molecule has 4 atom stereocenters. The van der Waals surface area contributed by atoms with Crippen molar-refractivity contribution in [2.45, 2.75) is 65.0 Å². The monoisotopic (exact) mass is 314 g/mol. The van der Waals surface area contributed by atoms with Crippen LogP contribution in [0.2, 0.25) is 0 Å². The number of hydrogen-bond donors (Lipinski definition) is 1. The molecule has 1 heterocycles. The van der Waals surface area contributed by atoms with Crippen LogP contribution in [-0.2, 0) is 19.0 Å². The third kappa shape index (κ3) is 6.07. The Morgan fingerprint density at radius 2 is 2.00 bits per heavy atom. The topological polar surface area (TPSA) is 65.0 Å². The average molecular weight is 314 g/mol. The molecule has 1 N–H and O–H groups in total. The Morgan fingerprint density at radius 1 is 1.32 bits per heavy atom. The maximum absolute atomic E-state index is 11.8. The van der Waals surface area contributed by atoms with Crippen molar-refractivity contribution in [1.82, 2.24) is 0 Å². The van der Waals surface area contributed by atoms with E-state index in [0.717, 1.165) is 19.3 Å². The zero-order chi connectivity index (χ0) is 16.8. The van der Waals surface area contributed by atoms with E-state index in [9.17, 15) is 4.79 Å². The summed E-state index contributed by atoms with van der Waals surface area (Å²) in [5.41, 5.74) is 0. The van der Waals surface area contributed by atoms with E-state index in [1.54, 1.807) is 13.8 Å². The van der Waals surface area contributed by atoms with E-state index in [2.05, 4.69) is 13.0 Å². The molecule has 0 saturated carbocycles. The lowest BCUT2D eigenvalue weighted by Gasteiger charge is -2.15. The Bertz CT molecular complexity index is 377. The molecule has 0 aliphatic carbocycles. The van der Waals surface area contributed by atoms with Crippen LogP contribution in [0.5, 0.6) is 0 Å². The predicted octanol–water partition coefficient (Wildman–Crippen LogP) is 2.67. The first-order valence-corrected chi connectivity index (χ1v) is 8.01. The van der Waals surface area contributed by atoms with Gasteiger partial charge in [-0.25, -0.2) is 4.79 Å². The second-order valence-electron chi connectivity index (χ2n) is 6.62. The van der Waals surface area contributed by atoms with Crippen molar-refractivity contribution in [3.63, 3.8) is 0 Å². The van der Waals surface area contributed by atoms with Gasteiger partial charge in [-0.05, 0) is 38.5 Å². The SMILES string of the molecule is COC(=O)[C@@H]1OC(C)(C)O[C@@H]1/C=C/[C@H](C)CCC[C@H](C)CO. The first-order valence-electron chi connectivity index (χ1n) is 8.01. The van der Waals surface area contributed by atoms with Crippen molar-refractivity contribution >= 4 is 5.97 Å². The van der Waals surface area contributed by atoms with Gasteiger partial charge < -0.3 is 19.3 Å². The minimum atomic E-state index is -0.784. The summed E-state index contributed by atoms with van der Waals surface area (Å²) >= 11 is 0. The number of carbonyl (C=O) groups excluding carboxylic acids is 1. The van der Waals surface area contributed by atoms with E-state index in [1.807, 2.05) is 13.0 Å². The van der Waals surface area contributed by atoms with Gasteiger partial charge in [0.25, 0.3) is 0 Å². The number of ether oxygens (including phenoxy) is 3. The van der Waals surface area contributed by atoms with Crippen LogP contribution in [0.15, 0.2) is 12.2 Å². The molecule has 1 fully saturated rings. The van der Waals surface area contributed by atoms with Gasteiger partial charge in [0.05, 0.1) is 7.11 Å². The van der Waals surface area contributed by atoms with Crippen LogP contribution in [0, 0.1) is 11.8 Å². The number of rotatable bonds is 8. The lowest BCUT2D eigenvalue weighted by atomic mass is 9.98. The van der Waals surface area contributed by atoms with E-state index < -0.39 is 24.0 Å². The second kappa shape index (κ2) is 8.65. The van der Waals surface area contributed by atoms with Gasteiger partial charge in [0, 0.05) is 6.61 Å². The van der Waals surface area contributed by atoms with Gasteiger partial charge in [-0.2, -0.15) is 0 Å². The number of carbonyl (C=O) groups is 1. The third-order valence-corrected chi connectivity index (χ3v) is 3.86. The van der Waals surface area contributed by atoms with Crippen LogP contribution in [0.1, 0.15) is 47.0 Å². The summed E-state index contributed by atoms with van der Waals surface area (Å²) < 4.78 is 16.1. The first kappa shape index (κ1) is 19.1. The van der Waals surface area contributed by atoms with Crippen molar-refractivity contribution in [2.75, 3.05) is 13.7 Å². The Kier molecular flexibility index (Phi) is 7.53.